The van der Waals surface area contributed by atoms with E-state index < -0.39 is 0 Å². The summed E-state index contributed by atoms with van der Waals surface area (Å²) < 4.78 is 5.54. The van der Waals surface area contributed by atoms with Crippen molar-refractivity contribution in [1.82, 2.24) is 5.32 Å². The van der Waals surface area contributed by atoms with Gasteiger partial charge in [-0.3, -0.25) is 0 Å². The summed E-state index contributed by atoms with van der Waals surface area (Å²) in [5.74, 6) is 0. The maximum absolute atomic E-state index is 5.54. The van der Waals surface area contributed by atoms with E-state index in [4.69, 9.17) is 4.74 Å². The summed E-state index contributed by atoms with van der Waals surface area (Å²) in [6, 6.07) is 3.32. The minimum atomic E-state index is 0.476. The Labute approximate surface area is 95.6 Å². The largest absolute Gasteiger partial charge is 0.378 e. The second-order valence-corrected chi connectivity index (χ2v) is 4.97. The maximum Gasteiger partial charge on any atom is 0.0604 e. The minimum absolute atomic E-state index is 0.476. The lowest BCUT2D eigenvalue weighted by atomic mass is 9.88. The summed E-state index contributed by atoms with van der Waals surface area (Å²) in [4.78, 5) is 0. The average Bonchev–Trinajstić information content (AvgIpc) is 2.67. The number of nitrogens with one attached hydrogen (secondary N) is 1. The molecule has 0 amide bonds. The summed E-state index contributed by atoms with van der Waals surface area (Å²) in [6.45, 7) is 5.14. The van der Waals surface area contributed by atoms with Gasteiger partial charge < -0.3 is 10.1 Å². The van der Waals surface area contributed by atoms with Gasteiger partial charge in [-0.1, -0.05) is 0 Å². The lowest BCUT2D eigenvalue weighted by molar-refractivity contribution is -0.0120. The van der Waals surface area contributed by atoms with Gasteiger partial charge in [0.15, 0.2) is 0 Å². The highest BCUT2D eigenvalue weighted by Crippen LogP contribution is 2.26. The van der Waals surface area contributed by atoms with Crippen molar-refractivity contribution in [2.75, 3.05) is 6.61 Å². The summed E-state index contributed by atoms with van der Waals surface area (Å²) in [6.07, 6.45) is 2.84. The summed E-state index contributed by atoms with van der Waals surface area (Å²) in [5.41, 5.74) is 1.40. The van der Waals surface area contributed by atoms with Gasteiger partial charge >= 0.3 is 0 Å². The van der Waals surface area contributed by atoms with Crippen molar-refractivity contribution in [1.29, 1.82) is 0 Å². The van der Waals surface area contributed by atoms with Crippen LogP contribution < -0.4 is 5.32 Å². The molecule has 2 rings (SSSR count). The van der Waals surface area contributed by atoms with Gasteiger partial charge in [-0.25, -0.2) is 0 Å². The number of ether oxygens (including phenoxy) is 1. The molecular weight excluding hydrogens is 206 g/mol. The fourth-order valence-corrected chi connectivity index (χ4v) is 2.80. The highest BCUT2D eigenvalue weighted by molar-refractivity contribution is 7.07. The fraction of sp³-hybridized carbons (Fsp3) is 0.667. The van der Waals surface area contributed by atoms with Gasteiger partial charge in [0.25, 0.3) is 0 Å². The van der Waals surface area contributed by atoms with E-state index in [9.17, 15) is 0 Å². The van der Waals surface area contributed by atoms with Crippen LogP contribution >= 0.6 is 11.3 Å². The molecule has 1 aliphatic rings. The molecule has 1 aromatic rings. The summed E-state index contributed by atoms with van der Waals surface area (Å²) >= 11 is 1.76. The normalized spacial score (nSPS) is 27.3. The SMILES string of the molecule is CCOC1CC(NC(C)c2ccsc2)C1. The van der Waals surface area contributed by atoms with Crippen molar-refractivity contribution in [3.05, 3.63) is 22.4 Å². The Bertz CT molecular complexity index is 280. The van der Waals surface area contributed by atoms with Crippen molar-refractivity contribution >= 4 is 11.3 Å². The highest BCUT2D eigenvalue weighted by atomic mass is 32.1. The lowest BCUT2D eigenvalue weighted by Gasteiger charge is -2.37. The van der Waals surface area contributed by atoms with Crippen LogP contribution in [-0.2, 0) is 4.74 Å². The van der Waals surface area contributed by atoms with E-state index in [0.717, 1.165) is 6.61 Å². The van der Waals surface area contributed by atoms with Crippen LogP contribution in [0, 0.1) is 0 Å². The molecule has 2 nitrogen and oxygen atoms in total. The molecule has 0 radical (unpaired) electrons. The lowest BCUT2D eigenvalue weighted by Crippen LogP contribution is -2.46. The van der Waals surface area contributed by atoms with Gasteiger partial charge in [-0.05, 0) is 49.1 Å². The van der Waals surface area contributed by atoms with Gasteiger partial charge in [-0.15, -0.1) is 0 Å². The monoisotopic (exact) mass is 225 g/mol. The Balaban J connectivity index is 1.71. The van der Waals surface area contributed by atoms with Crippen LogP contribution in [0.25, 0.3) is 0 Å². The minimum Gasteiger partial charge on any atom is -0.378 e. The number of rotatable bonds is 5. The molecule has 84 valence electrons. The third kappa shape index (κ3) is 2.80. The van der Waals surface area contributed by atoms with Crippen LogP contribution in [0.1, 0.15) is 38.3 Å². The van der Waals surface area contributed by atoms with E-state index >= 15 is 0 Å². The van der Waals surface area contributed by atoms with Crippen molar-refractivity contribution in [2.45, 2.75) is 44.9 Å². The predicted octanol–water partition coefficient (Wildman–Crippen LogP) is 2.97. The average molecular weight is 225 g/mol. The van der Waals surface area contributed by atoms with Crippen molar-refractivity contribution in [2.24, 2.45) is 0 Å². The van der Waals surface area contributed by atoms with Crippen molar-refractivity contribution in [3.63, 3.8) is 0 Å². The van der Waals surface area contributed by atoms with Crippen LogP contribution in [0.2, 0.25) is 0 Å². The van der Waals surface area contributed by atoms with Crippen molar-refractivity contribution in [3.8, 4) is 0 Å². The van der Waals surface area contributed by atoms with Crippen LogP contribution in [0.3, 0.4) is 0 Å². The van der Waals surface area contributed by atoms with Crippen LogP contribution in [0.4, 0.5) is 0 Å². The van der Waals surface area contributed by atoms with E-state index in [1.807, 2.05) is 0 Å². The van der Waals surface area contributed by atoms with Crippen LogP contribution in [0.15, 0.2) is 16.8 Å². The van der Waals surface area contributed by atoms with Gasteiger partial charge in [0.2, 0.25) is 0 Å². The first kappa shape index (κ1) is 11.1. The predicted molar refractivity (Wildman–Crippen MR) is 64.3 cm³/mol. The Kier molecular flexibility index (Phi) is 3.78. The van der Waals surface area contributed by atoms with Gasteiger partial charge in [-0.2, -0.15) is 11.3 Å². The van der Waals surface area contributed by atoms with Gasteiger partial charge in [0, 0.05) is 18.7 Å². The molecule has 3 heteroatoms. The molecule has 0 aliphatic heterocycles. The fourth-order valence-electron chi connectivity index (χ4n) is 2.04. The van der Waals surface area contributed by atoms with E-state index in [2.05, 4.69) is 36.0 Å². The topological polar surface area (TPSA) is 21.3 Å². The molecule has 1 saturated carbocycles. The molecule has 1 atom stereocenters. The first-order chi connectivity index (χ1) is 7.29. The molecule has 1 aromatic heterocycles. The summed E-state index contributed by atoms with van der Waals surface area (Å²) in [5, 5.41) is 7.99. The molecule has 1 unspecified atom stereocenters. The molecule has 15 heavy (non-hydrogen) atoms. The first-order valence-electron chi connectivity index (χ1n) is 5.69. The number of hydrogen-bond donors (Lipinski definition) is 1. The zero-order valence-corrected chi connectivity index (χ0v) is 10.2. The Hall–Kier alpha value is -0.380. The van der Waals surface area contributed by atoms with E-state index in [-0.39, 0.29) is 0 Å². The Morgan fingerprint density at radius 1 is 1.60 bits per heavy atom. The molecule has 0 saturated heterocycles. The zero-order valence-electron chi connectivity index (χ0n) is 9.40. The smallest absolute Gasteiger partial charge is 0.0604 e. The second-order valence-electron chi connectivity index (χ2n) is 4.19. The standard InChI is InChI=1S/C12H19NOS/c1-3-14-12-6-11(7-12)13-9(2)10-4-5-15-8-10/h4-5,8-9,11-13H,3,6-7H2,1-2H3. The molecule has 1 N–H and O–H groups in total. The number of hydrogen-bond acceptors (Lipinski definition) is 3. The van der Waals surface area contributed by atoms with Crippen LogP contribution in [-0.4, -0.2) is 18.8 Å². The van der Waals surface area contributed by atoms with Gasteiger partial charge in [0.05, 0.1) is 6.10 Å². The summed E-state index contributed by atoms with van der Waals surface area (Å²) in [7, 11) is 0. The molecule has 1 heterocycles. The van der Waals surface area contributed by atoms with E-state index in [0.29, 0.717) is 18.2 Å². The highest BCUT2D eigenvalue weighted by Gasteiger charge is 2.30. The first-order valence-corrected chi connectivity index (χ1v) is 6.63. The van der Waals surface area contributed by atoms with Gasteiger partial charge in [0.1, 0.15) is 0 Å². The maximum atomic E-state index is 5.54. The molecule has 1 fully saturated rings. The Morgan fingerprint density at radius 3 is 3.00 bits per heavy atom. The molecule has 1 aliphatic carbocycles. The molecule has 0 aromatic carbocycles. The molecular formula is C12H19NOS. The van der Waals surface area contributed by atoms with E-state index in [1.54, 1.807) is 11.3 Å². The number of thiophene rings is 1. The third-order valence-corrected chi connectivity index (χ3v) is 3.73. The van der Waals surface area contributed by atoms with Crippen LogP contribution in [0.5, 0.6) is 0 Å². The molecule has 0 bridgehead atoms. The van der Waals surface area contributed by atoms with Crippen molar-refractivity contribution < 1.29 is 4.74 Å². The quantitative estimate of drug-likeness (QED) is 0.832. The molecule has 0 spiro atoms. The van der Waals surface area contributed by atoms with E-state index in [1.165, 1.54) is 18.4 Å². The second kappa shape index (κ2) is 5.10. The Morgan fingerprint density at radius 2 is 2.40 bits per heavy atom. The third-order valence-electron chi connectivity index (χ3n) is 3.03. The zero-order chi connectivity index (χ0) is 10.7.